The number of amides is 2. The number of nitrogens with one attached hydrogen (secondary N) is 1. The van der Waals surface area contributed by atoms with Crippen LogP contribution in [0.2, 0.25) is 0 Å². The molecule has 1 unspecified atom stereocenters. The van der Waals surface area contributed by atoms with Crippen molar-refractivity contribution in [1.29, 1.82) is 0 Å². The van der Waals surface area contributed by atoms with Crippen LogP contribution in [0, 0.1) is 5.41 Å². The third kappa shape index (κ3) is 1.69. The Balaban J connectivity index is 1.82. The molecular weight excluding hydrogens is 216 g/mol. The van der Waals surface area contributed by atoms with E-state index < -0.39 is 5.41 Å². The van der Waals surface area contributed by atoms with Crippen LogP contribution in [0.25, 0.3) is 0 Å². The molecule has 2 aliphatic heterocycles. The van der Waals surface area contributed by atoms with Gasteiger partial charge in [-0.15, -0.1) is 0 Å². The van der Waals surface area contributed by atoms with Crippen molar-refractivity contribution in [3.05, 3.63) is 0 Å². The number of hydrogen-bond donors (Lipinski definition) is 1. The van der Waals surface area contributed by atoms with Crippen LogP contribution in [0.3, 0.4) is 0 Å². The number of carbonyl (C=O) groups excluding carboxylic acids is 2. The zero-order chi connectivity index (χ0) is 11.9. The number of piperidine rings is 1. The molecule has 4 heteroatoms. The van der Waals surface area contributed by atoms with Crippen LogP contribution < -0.4 is 5.32 Å². The molecule has 1 saturated carbocycles. The molecule has 0 aromatic rings. The number of rotatable bonds is 1. The maximum Gasteiger partial charge on any atom is 0.237 e. The fraction of sp³-hybridized carbons (Fsp3) is 0.846. The molecule has 0 bridgehead atoms. The van der Waals surface area contributed by atoms with Crippen molar-refractivity contribution in [2.24, 2.45) is 5.41 Å². The maximum absolute atomic E-state index is 12.5. The Morgan fingerprint density at radius 2 is 1.94 bits per heavy atom. The normalized spacial score (nSPS) is 35.2. The summed E-state index contributed by atoms with van der Waals surface area (Å²) in [7, 11) is 0. The highest BCUT2D eigenvalue weighted by molar-refractivity contribution is 6.06. The average molecular weight is 236 g/mol. The van der Waals surface area contributed by atoms with Crippen molar-refractivity contribution in [3.63, 3.8) is 0 Å². The molecule has 0 aromatic heterocycles. The molecule has 2 amide bonds. The number of nitrogens with zero attached hydrogens (tertiary/aromatic N) is 1. The summed E-state index contributed by atoms with van der Waals surface area (Å²) in [6.45, 7) is 1.67. The molecule has 0 aromatic carbocycles. The van der Waals surface area contributed by atoms with Crippen molar-refractivity contribution < 1.29 is 9.59 Å². The minimum atomic E-state index is -0.391. The third-order valence-corrected chi connectivity index (χ3v) is 4.59. The van der Waals surface area contributed by atoms with E-state index in [0.29, 0.717) is 13.0 Å². The van der Waals surface area contributed by atoms with Gasteiger partial charge in [0.25, 0.3) is 0 Å². The number of hydrogen-bond acceptors (Lipinski definition) is 3. The van der Waals surface area contributed by atoms with Crippen molar-refractivity contribution in [3.8, 4) is 0 Å². The minimum absolute atomic E-state index is 0.0746. The van der Waals surface area contributed by atoms with Crippen LogP contribution in [0.1, 0.15) is 44.9 Å². The van der Waals surface area contributed by atoms with Gasteiger partial charge >= 0.3 is 0 Å². The quantitative estimate of drug-likeness (QED) is 0.693. The van der Waals surface area contributed by atoms with Crippen LogP contribution in [-0.2, 0) is 9.59 Å². The molecule has 1 aliphatic carbocycles. The topological polar surface area (TPSA) is 49.4 Å². The zero-order valence-corrected chi connectivity index (χ0v) is 10.2. The standard InChI is InChI=1S/C13H20N2O2/c16-11-8-13(6-3-7-14-9-13)12(17)15(11)10-4-1-2-5-10/h10,14H,1-9H2. The van der Waals surface area contributed by atoms with E-state index in [2.05, 4.69) is 5.32 Å². The molecule has 1 spiro atoms. The van der Waals surface area contributed by atoms with E-state index in [1.54, 1.807) is 4.90 Å². The van der Waals surface area contributed by atoms with E-state index in [0.717, 1.165) is 45.1 Å². The van der Waals surface area contributed by atoms with E-state index >= 15 is 0 Å². The number of imide groups is 1. The van der Waals surface area contributed by atoms with E-state index in [1.165, 1.54) is 0 Å². The lowest BCUT2D eigenvalue weighted by molar-refractivity contribution is -0.144. The van der Waals surface area contributed by atoms with Crippen LogP contribution in [0.5, 0.6) is 0 Å². The minimum Gasteiger partial charge on any atom is -0.316 e. The Bertz CT molecular complexity index is 341. The van der Waals surface area contributed by atoms with Crippen LogP contribution >= 0.6 is 0 Å². The van der Waals surface area contributed by atoms with E-state index in [1.807, 2.05) is 0 Å². The van der Waals surface area contributed by atoms with Gasteiger partial charge in [0, 0.05) is 19.0 Å². The summed E-state index contributed by atoms with van der Waals surface area (Å²) >= 11 is 0. The summed E-state index contributed by atoms with van der Waals surface area (Å²) in [5.74, 6) is 0.187. The number of likely N-dealkylation sites (tertiary alicyclic amines) is 1. The first-order valence-electron chi connectivity index (χ1n) is 6.80. The molecule has 17 heavy (non-hydrogen) atoms. The summed E-state index contributed by atoms with van der Waals surface area (Å²) in [5, 5.41) is 3.28. The summed E-state index contributed by atoms with van der Waals surface area (Å²) in [6, 6.07) is 0.205. The van der Waals surface area contributed by atoms with Crippen LogP contribution in [-0.4, -0.2) is 35.8 Å². The van der Waals surface area contributed by atoms with Gasteiger partial charge in [0.05, 0.1) is 5.41 Å². The Morgan fingerprint density at radius 3 is 2.59 bits per heavy atom. The lowest BCUT2D eigenvalue weighted by atomic mass is 9.79. The Hall–Kier alpha value is -0.900. The predicted molar refractivity (Wildman–Crippen MR) is 63.3 cm³/mol. The van der Waals surface area contributed by atoms with E-state index in [9.17, 15) is 9.59 Å². The summed E-state index contributed by atoms with van der Waals surface area (Å²) < 4.78 is 0. The smallest absolute Gasteiger partial charge is 0.237 e. The summed E-state index contributed by atoms with van der Waals surface area (Å²) in [4.78, 5) is 26.3. The second kappa shape index (κ2) is 4.09. The molecule has 4 nitrogen and oxygen atoms in total. The highest BCUT2D eigenvalue weighted by Crippen LogP contribution is 2.41. The maximum atomic E-state index is 12.5. The molecule has 3 aliphatic rings. The molecule has 0 radical (unpaired) electrons. The monoisotopic (exact) mass is 236 g/mol. The van der Waals surface area contributed by atoms with E-state index in [-0.39, 0.29) is 17.9 Å². The molecular formula is C13H20N2O2. The molecule has 3 fully saturated rings. The Labute approximate surface area is 102 Å². The summed E-state index contributed by atoms with van der Waals surface area (Å²) in [5.41, 5.74) is -0.391. The zero-order valence-electron chi connectivity index (χ0n) is 10.2. The molecule has 2 saturated heterocycles. The highest BCUT2D eigenvalue weighted by atomic mass is 16.2. The highest BCUT2D eigenvalue weighted by Gasteiger charge is 2.53. The first kappa shape index (κ1) is 11.2. The van der Waals surface area contributed by atoms with Gasteiger partial charge in [-0.1, -0.05) is 12.8 Å². The van der Waals surface area contributed by atoms with Gasteiger partial charge in [0.1, 0.15) is 0 Å². The van der Waals surface area contributed by atoms with Crippen molar-refractivity contribution >= 4 is 11.8 Å². The molecule has 2 heterocycles. The largest absolute Gasteiger partial charge is 0.316 e. The van der Waals surface area contributed by atoms with Gasteiger partial charge in [-0.2, -0.15) is 0 Å². The molecule has 3 rings (SSSR count). The lowest BCUT2D eigenvalue weighted by Gasteiger charge is -2.32. The van der Waals surface area contributed by atoms with E-state index in [4.69, 9.17) is 0 Å². The fourth-order valence-corrected chi connectivity index (χ4v) is 3.65. The third-order valence-electron chi connectivity index (χ3n) is 4.59. The Kier molecular flexibility index (Phi) is 2.69. The molecule has 1 atom stereocenters. The van der Waals surface area contributed by atoms with Crippen molar-refractivity contribution in [2.75, 3.05) is 13.1 Å². The first-order valence-corrected chi connectivity index (χ1v) is 6.80. The van der Waals surface area contributed by atoms with Gasteiger partial charge in [0.2, 0.25) is 11.8 Å². The SMILES string of the molecule is O=C1CC2(CCCNC2)C(=O)N1C1CCCC1. The van der Waals surface area contributed by atoms with Gasteiger partial charge < -0.3 is 5.32 Å². The molecule has 94 valence electrons. The van der Waals surface area contributed by atoms with Crippen LogP contribution in [0.15, 0.2) is 0 Å². The second-order valence-electron chi connectivity index (χ2n) is 5.74. The van der Waals surface area contributed by atoms with Gasteiger partial charge in [-0.25, -0.2) is 0 Å². The van der Waals surface area contributed by atoms with Crippen molar-refractivity contribution in [1.82, 2.24) is 10.2 Å². The predicted octanol–water partition coefficient (Wildman–Crippen LogP) is 1.06. The second-order valence-corrected chi connectivity index (χ2v) is 5.74. The van der Waals surface area contributed by atoms with Gasteiger partial charge in [0.15, 0.2) is 0 Å². The summed E-state index contributed by atoms with van der Waals surface area (Å²) in [6.07, 6.45) is 6.68. The lowest BCUT2D eigenvalue weighted by Crippen LogP contribution is -2.47. The molecule has 1 N–H and O–H groups in total. The van der Waals surface area contributed by atoms with Crippen LogP contribution in [0.4, 0.5) is 0 Å². The number of carbonyl (C=O) groups is 2. The van der Waals surface area contributed by atoms with Gasteiger partial charge in [-0.3, -0.25) is 14.5 Å². The van der Waals surface area contributed by atoms with Gasteiger partial charge in [-0.05, 0) is 32.2 Å². The van der Waals surface area contributed by atoms with Crippen molar-refractivity contribution in [2.45, 2.75) is 51.0 Å². The average Bonchev–Trinajstić information content (AvgIpc) is 2.90. The first-order chi connectivity index (χ1) is 8.23. The Morgan fingerprint density at radius 1 is 1.18 bits per heavy atom. The fourth-order valence-electron chi connectivity index (χ4n) is 3.65.